The Bertz CT molecular complexity index is 770. The van der Waals surface area contributed by atoms with E-state index in [0.717, 1.165) is 49.8 Å². The van der Waals surface area contributed by atoms with Crippen molar-refractivity contribution < 1.29 is 14.2 Å². The third-order valence-electron chi connectivity index (χ3n) is 4.97. The van der Waals surface area contributed by atoms with Gasteiger partial charge < -0.3 is 19.1 Å². The molecule has 0 radical (unpaired) electrons. The molecule has 1 fully saturated rings. The van der Waals surface area contributed by atoms with Crippen LogP contribution in [0.15, 0.2) is 42.5 Å². The summed E-state index contributed by atoms with van der Waals surface area (Å²) in [6, 6.07) is 14.5. The van der Waals surface area contributed by atoms with Crippen LogP contribution in [0.25, 0.3) is 0 Å². The molecule has 0 bridgehead atoms. The maximum Gasteiger partial charge on any atom is 0.231 e. The standard InChI is InChI=1S/C20H23IN2O3/c1-24-17-5-3-2-4-16(17)23-11-10-22(20(21)13-23)9-8-15-6-7-18-19(12-15)26-14-25-18/h2-7,12,20H,8-11,13-14H2,1H3. The largest absolute Gasteiger partial charge is 0.495 e. The number of anilines is 1. The highest BCUT2D eigenvalue weighted by Crippen LogP contribution is 2.33. The van der Waals surface area contributed by atoms with Gasteiger partial charge in [0.2, 0.25) is 6.79 Å². The van der Waals surface area contributed by atoms with E-state index in [9.17, 15) is 0 Å². The molecule has 2 aliphatic rings. The minimum absolute atomic E-state index is 0.333. The number of piperazine rings is 1. The summed E-state index contributed by atoms with van der Waals surface area (Å²) >= 11 is 2.56. The minimum atomic E-state index is 0.333. The lowest BCUT2D eigenvalue weighted by molar-refractivity contribution is 0.174. The van der Waals surface area contributed by atoms with Crippen LogP contribution in [-0.2, 0) is 6.42 Å². The molecule has 2 aromatic carbocycles. The highest BCUT2D eigenvalue weighted by molar-refractivity contribution is 14.1. The van der Waals surface area contributed by atoms with Gasteiger partial charge in [0.25, 0.3) is 0 Å². The lowest BCUT2D eigenvalue weighted by Gasteiger charge is -2.40. The molecule has 1 atom stereocenters. The van der Waals surface area contributed by atoms with E-state index in [0.29, 0.717) is 10.8 Å². The Morgan fingerprint density at radius 1 is 1.12 bits per heavy atom. The van der Waals surface area contributed by atoms with Crippen LogP contribution in [0.2, 0.25) is 0 Å². The number of fused-ring (bicyclic) bond motifs is 1. The van der Waals surface area contributed by atoms with Crippen LogP contribution < -0.4 is 19.1 Å². The zero-order valence-corrected chi connectivity index (χ0v) is 17.0. The summed E-state index contributed by atoms with van der Waals surface area (Å²) in [5.74, 6) is 2.67. The third-order valence-corrected chi connectivity index (χ3v) is 6.16. The zero-order chi connectivity index (χ0) is 17.9. The van der Waals surface area contributed by atoms with Crippen LogP contribution in [0.5, 0.6) is 17.2 Å². The molecule has 6 heteroatoms. The van der Waals surface area contributed by atoms with Crippen LogP contribution in [0, 0.1) is 0 Å². The number of alkyl halides is 1. The number of rotatable bonds is 5. The first-order valence-electron chi connectivity index (χ1n) is 8.89. The van der Waals surface area contributed by atoms with Crippen LogP contribution >= 0.6 is 22.6 Å². The maximum atomic E-state index is 5.52. The third kappa shape index (κ3) is 3.71. The van der Waals surface area contributed by atoms with Gasteiger partial charge in [0.15, 0.2) is 11.5 Å². The van der Waals surface area contributed by atoms with Crippen LogP contribution in [0.4, 0.5) is 5.69 Å². The van der Waals surface area contributed by atoms with E-state index < -0.39 is 0 Å². The Balaban J connectivity index is 1.35. The molecule has 2 aromatic rings. The normalized spacial score (nSPS) is 19.6. The molecule has 2 aliphatic heterocycles. The second-order valence-corrected chi connectivity index (χ2v) is 7.96. The molecule has 0 spiro atoms. The van der Waals surface area contributed by atoms with E-state index in [2.05, 4.69) is 56.7 Å². The summed E-state index contributed by atoms with van der Waals surface area (Å²) in [6.07, 6.45) is 1.02. The van der Waals surface area contributed by atoms with Crippen LogP contribution in [0.3, 0.4) is 0 Å². The fraction of sp³-hybridized carbons (Fsp3) is 0.400. The lowest BCUT2D eigenvalue weighted by atomic mass is 10.1. The molecular weight excluding hydrogens is 443 g/mol. The number of para-hydroxylation sites is 2. The summed E-state index contributed by atoms with van der Waals surface area (Å²) in [6.45, 7) is 4.45. The molecule has 4 rings (SSSR count). The van der Waals surface area contributed by atoms with Gasteiger partial charge in [0.05, 0.1) is 16.8 Å². The lowest BCUT2D eigenvalue weighted by Crippen LogP contribution is -2.51. The second kappa shape index (κ2) is 7.92. The van der Waals surface area contributed by atoms with Gasteiger partial charge in [-0.15, -0.1) is 0 Å². The number of halogens is 1. The first-order chi connectivity index (χ1) is 12.7. The van der Waals surface area contributed by atoms with E-state index in [1.165, 1.54) is 11.3 Å². The van der Waals surface area contributed by atoms with Gasteiger partial charge in [-0.05, 0) is 36.2 Å². The molecule has 5 nitrogen and oxygen atoms in total. The molecular formula is C20H23IN2O3. The molecule has 0 aliphatic carbocycles. The van der Waals surface area contributed by atoms with E-state index in [4.69, 9.17) is 14.2 Å². The summed E-state index contributed by atoms with van der Waals surface area (Å²) < 4.78 is 16.9. The number of methoxy groups -OCH3 is 1. The maximum absolute atomic E-state index is 5.52. The quantitative estimate of drug-likeness (QED) is 0.383. The number of nitrogens with zero attached hydrogens (tertiary/aromatic N) is 2. The van der Waals surface area contributed by atoms with Crippen molar-refractivity contribution >= 4 is 28.3 Å². The molecule has 138 valence electrons. The number of hydrogen-bond donors (Lipinski definition) is 0. The van der Waals surface area contributed by atoms with Gasteiger partial charge in [-0.3, -0.25) is 4.90 Å². The summed E-state index contributed by atoms with van der Waals surface area (Å²) in [7, 11) is 1.74. The predicted octanol–water partition coefficient (Wildman–Crippen LogP) is 3.55. The SMILES string of the molecule is COc1ccccc1N1CCN(CCc2ccc3c(c2)OCO3)C(I)C1. The topological polar surface area (TPSA) is 34.2 Å². The number of ether oxygens (including phenoxy) is 3. The average Bonchev–Trinajstić information content (AvgIpc) is 3.15. The smallest absolute Gasteiger partial charge is 0.231 e. The van der Waals surface area contributed by atoms with Crippen LogP contribution in [-0.4, -0.2) is 49.0 Å². The Morgan fingerprint density at radius 2 is 1.96 bits per heavy atom. The van der Waals surface area contributed by atoms with Crippen molar-refractivity contribution in [1.82, 2.24) is 4.90 Å². The molecule has 0 N–H and O–H groups in total. The highest BCUT2D eigenvalue weighted by atomic mass is 127. The molecule has 0 aromatic heterocycles. The molecule has 0 saturated carbocycles. The Hall–Kier alpha value is -1.67. The van der Waals surface area contributed by atoms with Crippen molar-refractivity contribution in [1.29, 1.82) is 0 Å². The summed E-state index contributed by atoms with van der Waals surface area (Å²) in [4.78, 5) is 4.98. The zero-order valence-electron chi connectivity index (χ0n) is 14.9. The van der Waals surface area contributed by atoms with Gasteiger partial charge >= 0.3 is 0 Å². The number of benzene rings is 2. The average molecular weight is 466 g/mol. The van der Waals surface area contributed by atoms with Crippen molar-refractivity contribution in [3.8, 4) is 17.2 Å². The van der Waals surface area contributed by atoms with Gasteiger partial charge in [-0.1, -0.05) is 40.8 Å². The summed E-state index contributed by atoms with van der Waals surface area (Å²) in [5, 5.41) is 0. The molecule has 2 heterocycles. The van der Waals surface area contributed by atoms with E-state index in [1.54, 1.807) is 7.11 Å². The van der Waals surface area contributed by atoms with E-state index in [-0.39, 0.29) is 0 Å². The first-order valence-corrected chi connectivity index (χ1v) is 10.1. The molecule has 26 heavy (non-hydrogen) atoms. The van der Waals surface area contributed by atoms with Crippen molar-refractivity contribution in [2.45, 2.75) is 10.5 Å². The fourth-order valence-electron chi connectivity index (χ4n) is 3.51. The van der Waals surface area contributed by atoms with Gasteiger partial charge in [0.1, 0.15) is 5.75 Å². The van der Waals surface area contributed by atoms with E-state index >= 15 is 0 Å². The predicted molar refractivity (Wildman–Crippen MR) is 111 cm³/mol. The van der Waals surface area contributed by atoms with Crippen molar-refractivity contribution in [3.63, 3.8) is 0 Å². The fourth-order valence-corrected chi connectivity index (χ4v) is 4.54. The minimum Gasteiger partial charge on any atom is -0.495 e. The van der Waals surface area contributed by atoms with Gasteiger partial charge in [0, 0.05) is 26.2 Å². The summed E-state index contributed by atoms with van der Waals surface area (Å²) in [5.41, 5.74) is 2.48. The molecule has 1 unspecified atom stereocenters. The van der Waals surface area contributed by atoms with E-state index in [1.807, 2.05) is 18.2 Å². The first kappa shape index (κ1) is 17.7. The van der Waals surface area contributed by atoms with Crippen LogP contribution in [0.1, 0.15) is 5.56 Å². The number of hydrogen-bond acceptors (Lipinski definition) is 5. The van der Waals surface area contributed by atoms with Gasteiger partial charge in [-0.2, -0.15) is 0 Å². The Labute approximate surface area is 168 Å². The van der Waals surface area contributed by atoms with Crippen molar-refractivity contribution in [3.05, 3.63) is 48.0 Å². The van der Waals surface area contributed by atoms with Crippen molar-refractivity contribution in [2.75, 3.05) is 45.0 Å². The van der Waals surface area contributed by atoms with Crippen molar-refractivity contribution in [2.24, 2.45) is 0 Å². The monoisotopic (exact) mass is 466 g/mol. The Kier molecular flexibility index (Phi) is 5.40. The molecule has 0 amide bonds. The molecule has 1 saturated heterocycles. The Morgan fingerprint density at radius 3 is 2.81 bits per heavy atom. The second-order valence-electron chi connectivity index (χ2n) is 6.53. The highest BCUT2D eigenvalue weighted by Gasteiger charge is 2.26. The van der Waals surface area contributed by atoms with Gasteiger partial charge in [-0.25, -0.2) is 0 Å².